The molecule has 0 bridgehead atoms. The van der Waals surface area contributed by atoms with Gasteiger partial charge in [0.15, 0.2) is 0 Å². The van der Waals surface area contributed by atoms with E-state index in [1.807, 2.05) is 6.92 Å². The topological polar surface area (TPSA) is 85.5 Å². The molecule has 2 heterocycles. The Balaban J connectivity index is 2.19. The first-order valence-electron chi connectivity index (χ1n) is 6.64. The van der Waals surface area contributed by atoms with Gasteiger partial charge in [-0.25, -0.2) is 4.39 Å². The van der Waals surface area contributed by atoms with Gasteiger partial charge in [0, 0.05) is 17.2 Å². The van der Waals surface area contributed by atoms with Crippen molar-refractivity contribution in [2.75, 3.05) is 0 Å². The molecule has 3 rings (SSSR count). The van der Waals surface area contributed by atoms with Crippen LogP contribution in [0.15, 0.2) is 24.3 Å². The number of aromatic amines is 1. The van der Waals surface area contributed by atoms with Gasteiger partial charge in [0.25, 0.3) is 0 Å². The minimum absolute atomic E-state index is 0.131. The van der Waals surface area contributed by atoms with E-state index in [1.165, 1.54) is 12.1 Å². The Morgan fingerprint density at radius 1 is 1.43 bits per heavy atom. The number of fused-ring (bicyclic) bond motifs is 1. The quantitative estimate of drug-likeness (QED) is 0.889. The molecule has 1 aliphatic heterocycles. The van der Waals surface area contributed by atoms with E-state index >= 15 is 0 Å². The number of nitrogens with one attached hydrogen (secondary N) is 2. The van der Waals surface area contributed by atoms with Gasteiger partial charge in [-0.15, -0.1) is 5.10 Å². The third-order valence-electron chi connectivity index (χ3n) is 3.70. The average molecular weight is 284 g/mol. The summed E-state index contributed by atoms with van der Waals surface area (Å²) < 4.78 is 18.5. The smallest absolute Gasteiger partial charge is 0.243 e. The lowest BCUT2D eigenvalue weighted by Gasteiger charge is -2.28. The molecule has 0 fully saturated rings. The van der Waals surface area contributed by atoms with E-state index in [4.69, 9.17) is 10.1 Å². The third-order valence-corrected chi connectivity index (χ3v) is 3.70. The first-order valence-corrected chi connectivity index (χ1v) is 6.64. The van der Waals surface area contributed by atoms with Crippen molar-refractivity contribution in [2.45, 2.75) is 19.3 Å². The summed E-state index contributed by atoms with van der Waals surface area (Å²) in [4.78, 5) is 0. The van der Waals surface area contributed by atoms with Gasteiger partial charge in [-0.1, -0.05) is 19.1 Å². The highest BCUT2D eigenvalue weighted by atomic mass is 19.1. The van der Waals surface area contributed by atoms with Crippen molar-refractivity contribution in [1.29, 1.82) is 10.7 Å². The zero-order valence-corrected chi connectivity index (χ0v) is 11.4. The van der Waals surface area contributed by atoms with E-state index in [9.17, 15) is 9.65 Å². The van der Waals surface area contributed by atoms with E-state index in [0.717, 1.165) is 16.8 Å². The van der Waals surface area contributed by atoms with Crippen LogP contribution in [0.25, 0.3) is 0 Å². The van der Waals surface area contributed by atoms with E-state index < -0.39 is 5.92 Å². The van der Waals surface area contributed by atoms with Gasteiger partial charge in [0.1, 0.15) is 11.7 Å². The Morgan fingerprint density at radius 2 is 2.14 bits per heavy atom. The van der Waals surface area contributed by atoms with E-state index in [-0.39, 0.29) is 17.6 Å². The lowest BCUT2D eigenvalue weighted by Crippen LogP contribution is -2.31. The highest BCUT2D eigenvalue weighted by Gasteiger charge is 2.40. The van der Waals surface area contributed by atoms with Crippen LogP contribution in [-0.2, 0) is 6.42 Å². The third kappa shape index (κ3) is 2.07. The summed E-state index contributed by atoms with van der Waals surface area (Å²) in [6, 6.07) is 8.10. The highest BCUT2D eigenvalue weighted by molar-refractivity contribution is 5.84. The Bertz CT molecular complexity index is 729. The first kappa shape index (κ1) is 13.3. The van der Waals surface area contributed by atoms with Crippen molar-refractivity contribution in [3.8, 4) is 11.9 Å². The van der Waals surface area contributed by atoms with Gasteiger partial charge in [-0.2, -0.15) is 5.26 Å². The number of aryl methyl sites for hydroxylation is 1. The zero-order chi connectivity index (χ0) is 15.0. The molecule has 5 nitrogen and oxygen atoms in total. The Kier molecular flexibility index (Phi) is 3.18. The summed E-state index contributed by atoms with van der Waals surface area (Å²) in [6.07, 6.45) is 0.703. The number of rotatable bonds is 2. The Hall–Kier alpha value is -2.68. The minimum atomic E-state index is -0.745. The number of nitrogens with zero attached hydrogens (tertiary/aromatic N) is 2. The van der Waals surface area contributed by atoms with Crippen molar-refractivity contribution in [3.63, 3.8) is 0 Å². The lowest BCUT2D eigenvalue weighted by molar-refractivity contribution is 0.436. The van der Waals surface area contributed by atoms with Gasteiger partial charge >= 0.3 is 0 Å². The molecule has 2 unspecified atom stereocenters. The fourth-order valence-electron chi connectivity index (χ4n) is 2.68. The van der Waals surface area contributed by atoms with Crippen molar-refractivity contribution in [1.82, 2.24) is 10.2 Å². The van der Waals surface area contributed by atoms with Gasteiger partial charge in [-0.05, 0) is 24.1 Å². The Morgan fingerprint density at radius 3 is 2.76 bits per heavy atom. The van der Waals surface area contributed by atoms with Crippen LogP contribution in [0.4, 0.5) is 4.39 Å². The molecular formula is C15H13FN4O. The molecule has 0 radical (unpaired) electrons. The molecule has 0 aliphatic carbocycles. The minimum Gasteiger partial charge on any atom is -0.422 e. The van der Waals surface area contributed by atoms with Gasteiger partial charge in [0.2, 0.25) is 11.8 Å². The normalized spacial score (nSPS) is 20.5. The largest absolute Gasteiger partial charge is 0.422 e. The molecule has 106 valence electrons. The van der Waals surface area contributed by atoms with Crippen LogP contribution in [0.3, 0.4) is 0 Å². The van der Waals surface area contributed by atoms with Crippen LogP contribution >= 0.6 is 0 Å². The summed E-state index contributed by atoms with van der Waals surface area (Å²) in [5.41, 5.74) is 2.42. The first-order chi connectivity index (χ1) is 10.2. The second-order valence-corrected chi connectivity index (χ2v) is 4.88. The SMILES string of the molecule is CCc1[nH]nc2c1C(c1ccc(F)cc1)C(C#N)C(=N)O2. The summed E-state index contributed by atoms with van der Waals surface area (Å²) in [5, 5.41) is 24.2. The van der Waals surface area contributed by atoms with E-state index in [2.05, 4.69) is 16.3 Å². The number of ether oxygens (including phenoxy) is 1. The summed E-state index contributed by atoms with van der Waals surface area (Å²) in [6.45, 7) is 1.97. The van der Waals surface area contributed by atoms with Gasteiger partial charge in [-0.3, -0.25) is 10.5 Å². The van der Waals surface area contributed by atoms with Crippen LogP contribution in [0, 0.1) is 28.5 Å². The number of aromatic nitrogens is 2. The molecule has 0 spiro atoms. The maximum Gasteiger partial charge on any atom is 0.243 e. The second kappa shape index (κ2) is 5.02. The van der Waals surface area contributed by atoms with Crippen LogP contribution in [0.1, 0.15) is 29.7 Å². The molecular weight excluding hydrogens is 271 g/mol. The van der Waals surface area contributed by atoms with Crippen LogP contribution in [0.5, 0.6) is 5.88 Å². The number of hydrogen-bond donors (Lipinski definition) is 2. The summed E-state index contributed by atoms with van der Waals surface area (Å²) in [5.74, 6) is -1.25. The second-order valence-electron chi connectivity index (χ2n) is 4.88. The maximum absolute atomic E-state index is 13.1. The van der Waals surface area contributed by atoms with Crippen molar-refractivity contribution >= 4 is 5.90 Å². The molecule has 1 aromatic heterocycles. The number of nitriles is 1. The molecule has 2 atom stereocenters. The zero-order valence-electron chi connectivity index (χ0n) is 11.4. The molecule has 2 aromatic rings. The maximum atomic E-state index is 13.1. The van der Waals surface area contributed by atoms with Crippen LogP contribution < -0.4 is 4.74 Å². The molecule has 21 heavy (non-hydrogen) atoms. The van der Waals surface area contributed by atoms with E-state index in [0.29, 0.717) is 12.3 Å². The molecule has 0 amide bonds. The number of benzene rings is 1. The van der Waals surface area contributed by atoms with Crippen molar-refractivity contribution in [2.24, 2.45) is 5.92 Å². The molecule has 0 saturated carbocycles. The highest BCUT2D eigenvalue weighted by Crippen LogP contribution is 2.42. The fourth-order valence-corrected chi connectivity index (χ4v) is 2.68. The molecule has 1 aliphatic rings. The lowest BCUT2D eigenvalue weighted by atomic mass is 9.79. The van der Waals surface area contributed by atoms with Crippen molar-refractivity contribution in [3.05, 3.63) is 46.9 Å². The van der Waals surface area contributed by atoms with Gasteiger partial charge < -0.3 is 4.74 Å². The number of hydrogen-bond acceptors (Lipinski definition) is 4. The predicted octanol–water partition coefficient (Wildman–Crippen LogP) is 2.75. The monoisotopic (exact) mass is 284 g/mol. The Labute approximate surface area is 120 Å². The van der Waals surface area contributed by atoms with Crippen molar-refractivity contribution < 1.29 is 9.13 Å². The molecule has 0 saturated heterocycles. The fraction of sp³-hybridized carbons (Fsp3) is 0.267. The average Bonchev–Trinajstić information content (AvgIpc) is 2.89. The van der Waals surface area contributed by atoms with Gasteiger partial charge in [0.05, 0.1) is 6.07 Å². The summed E-state index contributed by atoms with van der Waals surface area (Å²) >= 11 is 0. The van der Waals surface area contributed by atoms with Crippen LogP contribution in [-0.4, -0.2) is 16.1 Å². The van der Waals surface area contributed by atoms with E-state index in [1.54, 1.807) is 12.1 Å². The predicted molar refractivity (Wildman–Crippen MR) is 73.7 cm³/mol. The standard InChI is InChI=1S/C15H13FN4O/c1-2-11-13-12(8-3-5-9(16)6-4-8)10(7-17)14(18)21-15(13)20-19-11/h3-6,10,12,18H,2H2,1H3,(H,19,20). The van der Waals surface area contributed by atoms with Crippen LogP contribution in [0.2, 0.25) is 0 Å². The number of H-pyrrole nitrogens is 1. The molecule has 1 aromatic carbocycles. The summed E-state index contributed by atoms with van der Waals surface area (Å²) in [7, 11) is 0. The molecule has 2 N–H and O–H groups in total. The molecule has 6 heteroatoms. The number of halogens is 1.